The fourth-order valence-electron chi connectivity index (χ4n) is 4.86. The van der Waals surface area contributed by atoms with Gasteiger partial charge in [0.2, 0.25) is 0 Å². The number of carbonyl (C=O) groups is 1. The van der Waals surface area contributed by atoms with Crippen LogP contribution in [0.4, 0.5) is 5.69 Å². The molecule has 3 N–H and O–H groups in total. The van der Waals surface area contributed by atoms with Gasteiger partial charge in [0, 0.05) is 11.1 Å². The minimum atomic E-state index is -0.662. The minimum absolute atomic E-state index is 0.0478. The van der Waals surface area contributed by atoms with Crippen molar-refractivity contribution in [3.8, 4) is 28.4 Å². The van der Waals surface area contributed by atoms with E-state index in [-0.39, 0.29) is 11.3 Å². The van der Waals surface area contributed by atoms with Crippen LogP contribution in [0.1, 0.15) is 15.9 Å². The second-order valence-electron chi connectivity index (χ2n) is 9.23. The number of carbonyl (C=O) groups excluding carboxylic acids is 1. The van der Waals surface area contributed by atoms with Crippen LogP contribution in [0.15, 0.2) is 121 Å². The zero-order chi connectivity index (χ0) is 26.8. The first-order valence-corrected chi connectivity index (χ1v) is 12.6. The van der Waals surface area contributed by atoms with E-state index in [9.17, 15) is 9.90 Å². The average Bonchev–Trinajstić information content (AvgIpc) is 2.97. The van der Waals surface area contributed by atoms with E-state index in [1.165, 1.54) is 0 Å². The molecule has 0 bridgehead atoms. The molecule has 6 aromatic rings. The summed E-state index contributed by atoms with van der Waals surface area (Å²) in [6.07, 6.45) is 0. The van der Waals surface area contributed by atoms with Crippen LogP contribution in [-0.2, 0) is 6.61 Å². The average molecular weight is 512 g/mol. The lowest BCUT2D eigenvalue weighted by molar-refractivity contribution is 0.0732. The summed E-state index contributed by atoms with van der Waals surface area (Å²) in [5.74, 6) is 0.0166. The van der Waals surface area contributed by atoms with Gasteiger partial charge in [-0.25, -0.2) is 4.79 Å². The highest BCUT2D eigenvalue weighted by Crippen LogP contribution is 2.48. The summed E-state index contributed by atoms with van der Waals surface area (Å²) in [6, 6.07) is 37.5. The van der Waals surface area contributed by atoms with Gasteiger partial charge in [-0.3, -0.25) is 0 Å². The highest BCUT2D eigenvalue weighted by Gasteiger charge is 2.25. The Morgan fingerprint density at radius 1 is 0.692 bits per heavy atom. The van der Waals surface area contributed by atoms with Crippen LogP contribution in [-0.4, -0.2) is 11.1 Å². The van der Waals surface area contributed by atoms with Gasteiger partial charge in [0.15, 0.2) is 0 Å². The van der Waals surface area contributed by atoms with Gasteiger partial charge in [0.25, 0.3) is 0 Å². The maximum atomic E-state index is 13.3. The lowest BCUT2D eigenvalue weighted by Crippen LogP contribution is -2.10. The highest BCUT2D eigenvalue weighted by atomic mass is 16.5. The number of anilines is 1. The van der Waals surface area contributed by atoms with Crippen molar-refractivity contribution in [3.63, 3.8) is 0 Å². The number of phenolic OH excluding ortho intramolecular Hbond substituents is 1. The molecule has 0 amide bonds. The molecule has 0 aliphatic rings. The molecule has 0 spiro atoms. The third kappa shape index (κ3) is 4.62. The second kappa shape index (κ2) is 10.2. The largest absolute Gasteiger partial charge is 0.506 e. The molecule has 0 aliphatic heterocycles. The predicted octanol–water partition coefficient (Wildman–Crippen LogP) is 7.75. The fourth-order valence-corrected chi connectivity index (χ4v) is 4.86. The number of hydrogen-bond donors (Lipinski definition) is 2. The number of para-hydroxylation sites is 1. The van der Waals surface area contributed by atoms with Gasteiger partial charge in [-0.15, -0.1) is 0 Å². The van der Waals surface area contributed by atoms with E-state index in [1.807, 2.05) is 91.0 Å². The number of nitrogens with two attached hydrogens (primary N) is 1. The first-order chi connectivity index (χ1) is 19.1. The molecule has 0 radical (unpaired) electrons. The number of benzene rings is 6. The normalized spacial score (nSPS) is 11.0. The Morgan fingerprint density at radius 2 is 1.26 bits per heavy atom. The molecule has 6 aromatic carbocycles. The molecule has 190 valence electrons. The smallest absolute Gasteiger partial charge is 0.347 e. The number of nitrogen functional groups attached to an aromatic ring is 1. The second-order valence-corrected chi connectivity index (χ2v) is 9.23. The monoisotopic (exact) mass is 511 g/mol. The molecule has 5 nitrogen and oxygen atoms in total. The van der Waals surface area contributed by atoms with Crippen molar-refractivity contribution < 1.29 is 19.4 Å². The number of aromatic hydroxyl groups is 1. The number of hydrogen-bond acceptors (Lipinski definition) is 5. The van der Waals surface area contributed by atoms with Crippen molar-refractivity contribution in [2.75, 3.05) is 5.73 Å². The highest BCUT2D eigenvalue weighted by molar-refractivity contribution is 6.15. The van der Waals surface area contributed by atoms with E-state index in [1.54, 1.807) is 30.3 Å². The molecule has 0 aliphatic carbocycles. The Morgan fingerprint density at radius 3 is 1.95 bits per heavy atom. The Labute approximate surface area is 225 Å². The number of fused-ring (bicyclic) bond motifs is 2. The minimum Gasteiger partial charge on any atom is -0.506 e. The molecular formula is C34H25NO4. The SMILES string of the molecule is Nc1c(OCc2ccccc2)cc2ccccc2c1-c1c(O)c(C(=O)Oc2ccccc2)cc2ccccc12. The molecule has 5 heteroatoms. The number of rotatable bonds is 6. The standard InChI is InChI=1S/C34H25NO4/c35-32-29(38-21-22-11-3-1-4-12-22)20-24-14-8-9-17-26(24)30(32)31-27-18-10-7-13-23(27)19-28(33(31)36)34(37)39-25-15-5-2-6-16-25/h1-20,36H,21,35H2. The van der Waals surface area contributed by atoms with Crippen molar-refractivity contribution >= 4 is 33.2 Å². The van der Waals surface area contributed by atoms with Gasteiger partial charge in [-0.05, 0) is 51.4 Å². The molecule has 0 saturated carbocycles. The first kappa shape index (κ1) is 24.1. The van der Waals surface area contributed by atoms with Gasteiger partial charge >= 0.3 is 5.97 Å². The van der Waals surface area contributed by atoms with E-state index in [0.29, 0.717) is 34.9 Å². The third-order valence-corrected chi connectivity index (χ3v) is 6.73. The van der Waals surface area contributed by atoms with E-state index in [4.69, 9.17) is 15.2 Å². The van der Waals surface area contributed by atoms with Crippen molar-refractivity contribution in [1.82, 2.24) is 0 Å². The Balaban J connectivity index is 1.55. The van der Waals surface area contributed by atoms with Crippen LogP contribution in [0.3, 0.4) is 0 Å². The number of phenols is 1. The Bertz CT molecular complexity index is 1810. The summed E-state index contributed by atoms with van der Waals surface area (Å²) in [4.78, 5) is 13.3. The molecule has 39 heavy (non-hydrogen) atoms. The Kier molecular flexibility index (Phi) is 6.31. The van der Waals surface area contributed by atoms with Crippen LogP contribution in [0.25, 0.3) is 32.7 Å². The quantitative estimate of drug-likeness (QED) is 0.136. The van der Waals surface area contributed by atoms with E-state index < -0.39 is 5.97 Å². The lowest BCUT2D eigenvalue weighted by Gasteiger charge is -2.19. The van der Waals surface area contributed by atoms with Crippen LogP contribution < -0.4 is 15.2 Å². The van der Waals surface area contributed by atoms with Crippen LogP contribution in [0.5, 0.6) is 17.2 Å². The van der Waals surface area contributed by atoms with Gasteiger partial charge in [0.05, 0.1) is 5.69 Å². The zero-order valence-corrected chi connectivity index (χ0v) is 21.0. The third-order valence-electron chi connectivity index (χ3n) is 6.73. The first-order valence-electron chi connectivity index (χ1n) is 12.6. The van der Waals surface area contributed by atoms with Crippen molar-refractivity contribution in [2.24, 2.45) is 0 Å². The molecule has 0 fully saturated rings. The molecule has 6 rings (SSSR count). The number of esters is 1. The van der Waals surface area contributed by atoms with Crippen molar-refractivity contribution in [3.05, 3.63) is 132 Å². The lowest BCUT2D eigenvalue weighted by atomic mass is 9.89. The molecule has 0 saturated heterocycles. The summed E-state index contributed by atoms with van der Waals surface area (Å²) in [6.45, 7) is 0.332. The van der Waals surface area contributed by atoms with Gasteiger partial charge in [-0.1, -0.05) is 97.1 Å². The maximum absolute atomic E-state index is 13.3. The summed E-state index contributed by atoms with van der Waals surface area (Å²) in [5, 5.41) is 14.9. The van der Waals surface area contributed by atoms with E-state index in [2.05, 4.69) is 0 Å². The molecule has 0 unspecified atom stereocenters. The molecular weight excluding hydrogens is 486 g/mol. The summed E-state index contributed by atoms with van der Waals surface area (Å²) < 4.78 is 11.8. The van der Waals surface area contributed by atoms with Crippen LogP contribution in [0.2, 0.25) is 0 Å². The van der Waals surface area contributed by atoms with Crippen LogP contribution in [0, 0.1) is 0 Å². The predicted molar refractivity (Wildman–Crippen MR) is 155 cm³/mol. The maximum Gasteiger partial charge on any atom is 0.347 e. The van der Waals surface area contributed by atoms with E-state index >= 15 is 0 Å². The molecule has 0 heterocycles. The number of ether oxygens (including phenoxy) is 2. The van der Waals surface area contributed by atoms with Gasteiger partial charge < -0.3 is 20.3 Å². The van der Waals surface area contributed by atoms with Crippen LogP contribution >= 0.6 is 0 Å². The van der Waals surface area contributed by atoms with E-state index in [0.717, 1.165) is 27.1 Å². The molecule has 0 atom stereocenters. The van der Waals surface area contributed by atoms with Crippen molar-refractivity contribution in [2.45, 2.75) is 6.61 Å². The van der Waals surface area contributed by atoms with Gasteiger partial charge in [0.1, 0.15) is 29.4 Å². The molecule has 0 aromatic heterocycles. The van der Waals surface area contributed by atoms with Crippen molar-refractivity contribution in [1.29, 1.82) is 0 Å². The Hall–Kier alpha value is -5.29. The summed E-state index contributed by atoms with van der Waals surface area (Å²) in [7, 11) is 0. The summed E-state index contributed by atoms with van der Waals surface area (Å²) in [5.41, 5.74) is 9.28. The topological polar surface area (TPSA) is 81.8 Å². The zero-order valence-electron chi connectivity index (χ0n) is 21.0. The fraction of sp³-hybridized carbons (Fsp3) is 0.0294. The summed E-state index contributed by atoms with van der Waals surface area (Å²) >= 11 is 0. The van der Waals surface area contributed by atoms with Gasteiger partial charge in [-0.2, -0.15) is 0 Å².